The third kappa shape index (κ3) is 2.63. The van der Waals surface area contributed by atoms with Crippen molar-refractivity contribution in [3.63, 3.8) is 0 Å². The van der Waals surface area contributed by atoms with Gasteiger partial charge in [0.2, 0.25) is 0 Å². The van der Waals surface area contributed by atoms with Crippen LogP contribution in [0.4, 0.5) is 5.69 Å². The van der Waals surface area contributed by atoms with E-state index in [2.05, 4.69) is 50.1 Å². The van der Waals surface area contributed by atoms with Crippen LogP contribution in [0, 0.1) is 0 Å². The Balaban J connectivity index is 2.24. The summed E-state index contributed by atoms with van der Waals surface area (Å²) in [5.41, 5.74) is 2.69. The van der Waals surface area contributed by atoms with Crippen LogP contribution >= 0.6 is 0 Å². The molecule has 94 valence electrons. The largest absolute Gasteiger partial charge is 0.270 e. The number of fused-ring (bicyclic) bond motifs is 1. The molecule has 0 fully saturated rings. The fourth-order valence-electron chi connectivity index (χ4n) is 2.35. The van der Waals surface area contributed by atoms with Crippen molar-refractivity contribution in [2.45, 2.75) is 58.6 Å². The van der Waals surface area contributed by atoms with E-state index < -0.39 is 0 Å². The summed E-state index contributed by atoms with van der Waals surface area (Å²) in [6, 6.07) is 9.14. The second-order valence-corrected chi connectivity index (χ2v) is 4.88. The highest BCUT2D eigenvalue weighted by Crippen LogP contribution is 2.32. The molecule has 0 spiro atoms. The molecule has 2 unspecified atom stereocenters. The monoisotopic (exact) mass is 233 g/mol. The van der Waals surface area contributed by atoms with Crippen molar-refractivity contribution in [3.8, 4) is 0 Å². The van der Waals surface area contributed by atoms with E-state index in [0.29, 0.717) is 6.04 Å². The van der Waals surface area contributed by atoms with Crippen molar-refractivity contribution in [3.05, 3.63) is 29.8 Å². The van der Waals surface area contributed by atoms with Gasteiger partial charge in [0.25, 0.3) is 0 Å². The molecule has 2 atom stereocenters. The average molecular weight is 233 g/mol. The first kappa shape index (κ1) is 12.4. The van der Waals surface area contributed by atoms with Crippen LogP contribution in [0.2, 0.25) is 0 Å². The highest BCUT2D eigenvalue weighted by molar-refractivity contribution is 5.54. The first-order chi connectivity index (χ1) is 8.26. The molecule has 0 saturated carbocycles. The topological polar surface area (TPSA) is 12.5 Å². The average Bonchev–Trinajstić information content (AvgIpc) is 2.39. The zero-order valence-electron chi connectivity index (χ0n) is 11.1. The Kier molecular flexibility index (Phi) is 4.06. The molecule has 0 N–H and O–H groups in total. The summed E-state index contributed by atoms with van der Waals surface area (Å²) in [6.07, 6.45) is 4.86. The fourth-order valence-corrected chi connectivity index (χ4v) is 2.35. The minimum Gasteiger partial charge on any atom is -0.270 e. The van der Waals surface area contributed by atoms with Crippen molar-refractivity contribution in [2.24, 2.45) is 0 Å². The molecule has 1 aromatic carbocycles. The quantitative estimate of drug-likeness (QED) is 0.780. The Morgan fingerprint density at radius 2 is 2.12 bits per heavy atom. The highest BCUT2D eigenvalue weighted by Gasteiger charge is 2.26. The smallest absolute Gasteiger partial charge is 0.0826 e. The number of aryl methyl sites for hydroxylation is 1. The standard InChI is InChI=1S/C15H23NO/c1-4-12(3)17-16-14(5-2)11-10-13-8-6-7-9-15(13)16/h6-9,12,14H,4-5,10-11H2,1-3H3. The third-order valence-corrected chi connectivity index (χ3v) is 3.65. The molecule has 0 bridgehead atoms. The van der Waals surface area contributed by atoms with Crippen LogP contribution in [0.15, 0.2) is 24.3 Å². The van der Waals surface area contributed by atoms with E-state index >= 15 is 0 Å². The van der Waals surface area contributed by atoms with Crippen LogP contribution in [0.25, 0.3) is 0 Å². The van der Waals surface area contributed by atoms with Gasteiger partial charge in [-0.15, -0.1) is 0 Å². The van der Waals surface area contributed by atoms with Gasteiger partial charge in [0.05, 0.1) is 17.8 Å². The summed E-state index contributed by atoms with van der Waals surface area (Å²) in [5, 5.41) is 2.16. The number of hydrogen-bond donors (Lipinski definition) is 0. The molecule has 2 nitrogen and oxygen atoms in total. The minimum atomic E-state index is 0.287. The Labute approximate surface area is 105 Å². The van der Waals surface area contributed by atoms with Gasteiger partial charge in [0.1, 0.15) is 0 Å². The number of anilines is 1. The van der Waals surface area contributed by atoms with Crippen LogP contribution in [-0.2, 0) is 11.3 Å². The van der Waals surface area contributed by atoms with E-state index in [4.69, 9.17) is 4.84 Å². The van der Waals surface area contributed by atoms with Gasteiger partial charge in [-0.3, -0.25) is 9.90 Å². The molecule has 0 aromatic heterocycles. The van der Waals surface area contributed by atoms with E-state index in [1.165, 1.54) is 24.1 Å². The zero-order valence-corrected chi connectivity index (χ0v) is 11.1. The number of benzene rings is 1. The van der Waals surface area contributed by atoms with Crippen molar-refractivity contribution in [1.82, 2.24) is 0 Å². The molecule has 0 saturated heterocycles. The molecule has 17 heavy (non-hydrogen) atoms. The predicted octanol–water partition coefficient (Wildman–Crippen LogP) is 3.95. The second kappa shape index (κ2) is 5.54. The molecule has 0 radical (unpaired) electrons. The summed E-state index contributed by atoms with van der Waals surface area (Å²) >= 11 is 0. The number of hydroxylamine groups is 1. The molecular weight excluding hydrogens is 210 g/mol. The Hall–Kier alpha value is -1.02. The highest BCUT2D eigenvalue weighted by atomic mass is 16.7. The van der Waals surface area contributed by atoms with Gasteiger partial charge in [0, 0.05) is 0 Å². The maximum absolute atomic E-state index is 6.10. The maximum Gasteiger partial charge on any atom is 0.0826 e. The van der Waals surface area contributed by atoms with Crippen molar-refractivity contribution in [2.75, 3.05) is 5.06 Å². The van der Waals surface area contributed by atoms with E-state index in [1.807, 2.05) is 0 Å². The summed E-state index contributed by atoms with van der Waals surface area (Å²) in [7, 11) is 0. The normalized spacial score (nSPS) is 21.1. The molecule has 0 aliphatic carbocycles. The van der Waals surface area contributed by atoms with E-state index in [0.717, 1.165) is 12.8 Å². The van der Waals surface area contributed by atoms with Gasteiger partial charge in [-0.2, -0.15) is 0 Å². The van der Waals surface area contributed by atoms with E-state index in [9.17, 15) is 0 Å². The lowest BCUT2D eigenvalue weighted by Crippen LogP contribution is -2.41. The number of nitrogens with zero attached hydrogens (tertiary/aromatic N) is 1. The fraction of sp³-hybridized carbons (Fsp3) is 0.600. The first-order valence-corrected chi connectivity index (χ1v) is 6.80. The molecule has 1 aromatic rings. The Morgan fingerprint density at radius 3 is 2.82 bits per heavy atom. The zero-order chi connectivity index (χ0) is 12.3. The van der Waals surface area contributed by atoms with Crippen LogP contribution in [0.1, 0.15) is 45.6 Å². The van der Waals surface area contributed by atoms with Gasteiger partial charge in [-0.25, -0.2) is 0 Å². The lowest BCUT2D eigenvalue weighted by Gasteiger charge is -2.38. The van der Waals surface area contributed by atoms with Gasteiger partial charge < -0.3 is 0 Å². The Bertz CT molecular complexity index is 364. The molecule has 1 aliphatic rings. The predicted molar refractivity (Wildman–Crippen MR) is 72.2 cm³/mol. The Morgan fingerprint density at radius 1 is 1.35 bits per heavy atom. The van der Waals surface area contributed by atoms with Gasteiger partial charge in [0.15, 0.2) is 0 Å². The second-order valence-electron chi connectivity index (χ2n) is 4.88. The van der Waals surface area contributed by atoms with Crippen LogP contribution in [-0.4, -0.2) is 12.1 Å². The van der Waals surface area contributed by atoms with Crippen molar-refractivity contribution < 1.29 is 4.84 Å². The van der Waals surface area contributed by atoms with Gasteiger partial charge in [-0.1, -0.05) is 32.0 Å². The minimum absolute atomic E-state index is 0.287. The summed E-state index contributed by atoms with van der Waals surface area (Å²) in [5.74, 6) is 0. The summed E-state index contributed by atoms with van der Waals surface area (Å²) in [6.45, 7) is 6.55. The number of para-hydroxylation sites is 1. The SMILES string of the molecule is CCC(C)ON1c2ccccc2CCC1CC. The number of rotatable bonds is 4. The summed E-state index contributed by atoms with van der Waals surface area (Å²) in [4.78, 5) is 6.10. The first-order valence-electron chi connectivity index (χ1n) is 6.80. The molecule has 0 amide bonds. The summed E-state index contributed by atoms with van der Waals surface area (Å²) < 4.78 is 0. The molecular formula is C15H23NO. The molecule has 2 heteroatoms. The van der Waals surface area contributed by atoms with Crippen LogP contribution < -0.4 is 5.06 Å². The van der Waals surface area contributed by atoms with Crippen LogP contribution in [0.3, 0.4) is 0 Å². The van der Waals surface area contributed by atoms with Gasteiger partial charge >= 0.3 is 0 Å². The number of hydrogen-bond acceptors (Lipinski definition) is 2. The lowest BCUT2D eigenvalue weighted by molar-refractivity contribution is 0.0202. The third-order valence-electron chi connectivity index (χ3n) is 3.65. The van der Waals surface area contributed by atoms with E-state index in [-0.39, 0.29) is 6.10 Å². The maximum atomic E-state index is 6.10. The van der Waals surface area contributed by atoms with Crippen molar-refractivity contribution >= 4 is 5.69 Å². The molecule has 2 rings (SSSR count). The van der Waals surface area contributed by atoms with Crippen molar-refractivity contribution in [1.29, 1.82) is 0 Å². The molecule has 1 aliphatic heterocycles. The molecule has 1 heterocycles. The van der Waals surface area contributed by atoms with E-state index in [1.54, 1.807) is 0 Å². The lowest BCUT2D eigenvalue weighted by atomic mass is 9.96. The van der Waals surface area contributed by atoms with Crippen LogP contribution in [0.5, 0.6) is 0 Å². The van der Waals surface area contributed by atoms with Gasteiger partial charge in [-0.05, 0) is 44.2 Å².